The molecule has 0 saturated heterocycles. The summed E-state index contributed by atoms with van der Waals surface area (Å²) in [5.74, 6) is -0.336. The van der Waals surface area contributed by atoms with Gasteiger partial charge in [-0.25, -0.2) is 13.2 Å². The van der Waals surface area contributed by atoms with E-state index in [2.05, 4.69) is 22.6 Å². The molecule has 0 amide bonds. The number of nitrogens with zero attached hydrogens (tertiary/aromatic N) is 1. The Hall–Kier alpha value is -0.990. The molecule has 0 unspecified atom stereocenters. The first-order valence-corrected chi connectivity index (χ1v) is 12.4. The highest BCUT2D eigenvalue weighted by Gasteiger charge is 2.22. The highest BCUT2D eigenvalue weighted by atomic mass is 127. The van der Waals surface area contributed by atoms with Crippen molar-refractivity contribution in [2.45, 2.75) is 4.90 Å². The van der Waals surface area contributed by atoms with Gasteiger partial charge in [0.15, 0.2) is 5.75 Å². The predicted molar refractivity (Wildman–Crippen MR) is 128 cm³/mol. The Morgan fingerprint density at radius 1 is 1.13 bits per heavy atom. The fourth-order valence-corrected chi connectivity index (χ4v) is 6.96. The molecule has 0 aliphatic rings. The molecule has 14 heteroatoms. The fraction of sp³-hybridized carbons (Fsp3) is 0.188. The van der Waals surface area contributed by atoms with Crippen LogP contribution >= 0.6 is 67.8 Å². The maximum atomic E-state index is 12.5. The number of hydrogen-bond donors (Lipinski definition) is 0. The molecule has 0 saturated carbocycles. The van der Waals surface area contributed by atoms with E-state index in [1.807, 2.05) is 45.2 Å². The van der Waals surface area contributed by atoms with Crippen LogP contribution in [0.5, 0.6) is 11.5 Å². The average Bonchev–Trinajstić information content (AvgIpc) is 2.64. The van der Waals surface area contributed by atoms with Crippen LogP contribution in [0.25, 0.3) is 0 Å². The monoisotopic (exact) mass is 774 g/mol. The summed E-state index contributed by atoms with van der Waals surface area (Å²) in [6, 6.07) is 4.29. The summed E-state index contributed by atoms with van der Waals surface area (Å²) in [4.78, 5) is 21.9. The summed E-state index contributed by atoms with van der Waals surface area (Å²) in [6.45, 7) is -0.456. The largest absolute Gasteiger partial charge is 0.744 e. The van der Waals surface area contributed by atoms with Gasteiger partial charge in [0.05, 0.1) is 29.6 Å². The lowest BCUT2D eigenvalue weighted by Gasteiger charge is -2.13. The zero-order valence-electron chi connectivity index (χ0n) is 14.9. The topological polar surface area (TPSA) is 145 Å². The molecule has 0 radical (unpaired) electrons. The van der Waals surface area contributed by atoms with Gasteiger partial charge < -0.3 is 18.8 Å². The Morgan fingerprint density at radius 3 is 2.37 bits per heavy atom. The van der Waals surface area contributed by atoms with E-state index in [0.717, 1.165) is 15.7 Å². The third-order valence-electron chi connectivity index (χ3n) is 3.53. The number of carbonyl (C=O) groups is 1. The molecule has 0 aliphatic carbocycles. The molecule has 0 spiro atoms. The second-order valence-electron chi connectivity index (χ2n) is 5.39. The summed E-state index contributed by atoms with van der Waals surface area (Å²) >= 11 is 6.08. The first kappa shape index (κ1) is 25.3. The van der Waals surface area contributed by atoms with Crippen molar-refractivity contribution in [1.29, 1.82) is 0 Å². The Labute approximate surface area is 212 Å². The number of nitro groups is 1. The van der Waals surface area contributed by atoms with Crippen molar-refractivity contribution >= 4 is 89.5 Å². The van der Waals surface area contributed by atoms with Crippen molar-refractivity contribution < 1.29 is 36.9 Å². The van der Waals surface area contributed by atoms with Crippen molar-refractivity contribution in [2.24, 2.45) is 0 Å². The van der Waals surface area contributed by atoms with Crippen LogP contribution in [0, 0.1) is 20.8 Å². The highest BCUT2D eigenvalue weighted by Crippen LogP contribution is 2.34. The Kier molecular flexibility index (Phi) is 8.89. The quantitative estimate of drug-likeness (QED) is 0.0983. The van der Waals surface area contributed by atoms with E-state index >= 15 is 0 Å². The molecule has 0 fully saturated rings. The molecule has 0 bridgehead atoms. The standard InChI is InChI=1S/C16H12I3NO9S/c1-27-15-10(18)7-9(17)13(14(15)19)16(21)29-5-4-28-12-3-2-8(30(24,25)26)6-11(12)20(22)23/h2-3,6-7H,4-5H2,1H3,(H,24,25,26)/p-1. The third kappa shape index (κ3) is 6.04. The molecule has 0 aromatic heterocycles. The molecule has 0 N–H and O–H groups in total. The van der Waals surface area contributed by atoms with E-state index in [4.69, 9.17) is 14.2 Å². The third-order valence-corrected chi connectivity index (χ3v) is 7.04. The van der Waals surface area contributed by atoms with Crippen LogP contribution in [-0.2, 0) is 14.9 Å². The average molecular weight is 774 g/mol. The van der Waals surface area contributed by atoms with Gasteiger partial charge in [-0.05, 0) is 86.0 Å². The lowest BCUT2D eigenvalue weighted by molar-refractivity contribution is -0.386. The lowest BCUT2D eigenvalue weighted by Crippen LogP contribution is -2.15. The number of hydrogen-bond acceptors (Lipinski definition) is 9. The van der Waals surface area contributed by atoms with Gasteiger partial charge in [-0.2, -0.15) is 0 Å². The normalized spacial score (nSPS) is 11.1. The second-order valence-corrected chi connectivity index (χ2v) is 10.2. The van der Waals surface area contributed by atoms with Gasteiger partial charge in [0.25, 0.3) is 0 Å². The first-order chi connectivity index (χ1) is 14.0. The van der Waals surface area contributed by atoms with Crippen molar-refractivity contribution in [1.82, 2.24) is 0 Å². The molecule has 2 rings (SSSR count). The Balaban J connectivity index is 2.09. The SMILES string of the molecule is COc1c(I)cc(I)c(C(=O)OCCOc2ccc(S(=O)(=O)[O-])cc2[N+](=O)[O-])c1I. The number of methoxy groups -OCH3 is 1. The van der Waals surface area contributed by atoms with Gasteiger partial charge in [-0.3, -0.25) is 10.1 Å². The maximum Gasteiger partial charge on any atom is 0.340 e. The first-order valence-electron chi connectivity index (χ1n) is 7.73. The van der Waals surface area contributed by atoms with Crippen LogP contribution in [0.15, 0.2) is 29.2 Å². The van der Waals surface area contributed by atoms with Crippen LogP contribution in [0.4, 0.5) is 5.69 Å². The van der Waals surface area contributed by atoms with Gasteiger partial charge in [0.1, 0.15) is 29.1 Å². The minimum absolute atomic E-state index is 0.224. The van der Waals surface area contributed by atoms with E-state index in [1.54, 1.807) is 6.07 Å². The minimum Gasteiger partial charge on any atom is -0.744 e. The molecule has 2 aromatic rings. The van der Waals surface area contributed by atoms with E-state index in [-0.39, 0.29) is 19.0 Å². The smallest absolute Gasteiger partial charge is 0.340 e. The van der Waals surface area contributed by atoms with Gasteiger partial charge in [-0.1, -0.05) is 0 Å². The number of esters is 1. The summed E-state index contributed by atoms with van der Waals surface area (Å²) in [5.41, 5.74) is -0.367. The van der Waals surface area contributed by atoms with Crippen molar-refractivity contribution in [2.75, 3.05) is 20.3 Å². The van der Waals surface area contributed by atoms with Gasteiger partial charge in [0, 0.05) is 9.64 Å². The van der Waals surface area contributed by atoms with Crippen molar-refractivity contribution in [3.8, 4) is 11.5 Å². The zero-order chi connectivity index (χ0) is 22.6. The molecule has 162 valence electrons. The van der Waals surface area contributed by atoms with Crippen LogP contribution in [0.2, 0.25) is 0 Å². The number of rotatable bonds is 8. The number of nitro benzene ring substituents is 1. The summed E-state index contributed by atoms with van der Waals surface area (Å²) in [5, 5.41) is 11.1. The number of carbonyl (C=O) groups excluding carboxylic acids is 1. The zero-order valence-corrected chi connectivity index (χ0v) is 22.2. The fourth-order valence-electron chi connectivity index (χ4n) is 2.22. The number of ether oxygens (including phenoxy) is 3. The van der Waals surface area contributed by atoms with Crippen LogP contribution in [0.3, 0.4) is 0 Å². The molecule has 30 heavy (non-hydrogen) atoms. The molecular formula is C16H11I3NO9S-. The Bertz CT molecular complexity index is 1110. The molecule has 0 aliphatic heterocycles. The Morgan fingerprint density at radius 2 is 1.80 bits per heavy atom. The van der Waals surface area contributed by atoms with Crippen molar-refractivity contribution in [3.63, 3.8) is 0 Å². The summed E-state index contributed by atoms with van der Waals surface area (Å²) < 4.78 is 50.9. The number of benzene rings is 2. The maximum absolute atomic E-state index is 12.5. The molecule has 0 heterocycles. The molecular weight excluding hydrogens is 763 g/mol. The lowest BCUT2D eigenvalue weighted by atomic mass is 10.2. The van der Waals surface area contributed by atoms with Crippen LogP contribution in [-0.4, -0.2) is 44.2 Å². The highest BCUT2D eigenvalue weighted by molar-refractivity contribution is 14.1. The van der Waals surface area contributed by atoms with Crippen molar-refractivity contribution in [3.05, 3.63) is 50.7 Å². The molecule has 0 atom stereocenters. The van der Waals surface area contributed by atoms with Gasteiger partial charge in [-0.15, -0.1) is 0 Å². The second kappa shape index (κ2) is 10.6. The van der Waals surface area contributed by atoms with Gasteiger partial charge in [0.2, 0.25) is 0 Å². The van der Waals surface area contributed by atoms with Gasteiger partial charge >= 0.3 is 11.7 Å². The van der Waals surface area contributed by atoms with Crippen LogP contribution in [0.1, 0.15) is 10.4 Å². The molecule has 2 aromatic carbocycles. The number of halogens is 3. The predicted octanol–water partition coefficient (Wildman–Crippen LogP) is 3.56. The van der Waals surface area contributed by atoms with E-state index in [0.29, 0.717) is 24.5 Å². The summed E-state index contributed by atoms with van der Waals surface area (Å²) in [6.07, 6.45) is 0. The molecule has 10 nitrogen and oxygen atoms in total. The minimum atomic E-state index is -4.85. The van der Waals surface area contributed by atoms with E-state index in [1.165, 1.54) is 7.11 Å². The van der Waals surface area contributed by atoms with E-state index in [9.17, 15) is 27.9 Å². The van der Waals surface area contributed by atoms with E-state index < -0.39 is 31.6 Å². The summed E-state index contributed by atoms with van der Waals surface area (Å²) in [7, 11) is -3.36. The van der Waals surface area contributed by atoms with Crippen LogP contribution < -0.4 is 9.47 Å².